The second-order valence-corrected chi connectivity index (χ2v) is 12.6. The molecular weight excluding hydrogens is 546 g/mol. The molecule has 0 aliphatic carbocycles. The molecule has 1 atom stereocenters. The third-order valence-corrected chi connectivity index (χ3v) is 5.50. The Balaban J connectivity index is 0.00000108. The fourth-order valence-electron chi connectivity index (χ4n) is 3.92. The minimum Gasteiger partial charge on any atom is -0.419 e. The number of nitrogens with one attached hydrogen (secondary N) is 1. The van der Waals surface area contributed by atoms with E-state index in [1.807, 2.05) is 60.6 Å². The van der Waals surface area contributed by atoms with Crippen molar-refractivity contribution < 1.29 is 37.1 Å². The average molecular weight is 586 g/mol. The van der Waals surface area contributed by atoms with Crippen LogP contribution in [0.2, 0.25) is 0 Å². The number of esters is 2. The van der Waals surface area contributed by atoms with Crippen molar-refractivity contribution in [2.45, 2.75) is 60.1 Å². The smallest absolute Gasteiger partial charge is 0.343 e. The molecule has 10 heteroatoms. The van der Waals surface area contributed by atoms with Gasteiger partial charge >= 0.3 is 11.9 Å². The molecule has 0 aromatic heterocycles. The summed E-state index contributed by atoms with van der Waals surface area (Å²) in [5, 5.41) is 14.0. The maximum absolute atomic E-state index is 13.0. The molecule has 0 fully saturated rings. The van der Waals surface area contributed by atoms with Crippen LogP contribution in [0.15, 0.2) is 54.6 Å². The van der Waals surface area contributed by atoms with E-state index in [1.165, 1.54) is 0 Å². The lowest BCUT2D eigenvalue weighted by Crippen LogP contribution is -2.38. The highest BCUT2D eigenvalue weighted by Gasteiger charge is 2.21. The molecule has 0 unspecified atom stereocenters. The van der Waals surface area contributed by atoms with Crippen molar-refractivity contribution in [3.05, 3.63) is 93.5 Å². The van der Waals surface area contributed by atoms with Crippen molar-refractivity contribution in [2.75, 3.05) is 12.8 Å². The molecule has 3 N–H and O–H groups in total. The number of aliphatic hydroxyl groups is 1. The van der Waals surface area contributed by atoms with Crippen LogP contribution >= 0.6 is 0 Å². The summed E-state index contributed by atoms with van der Waals surface area (Å²) in [5.74, 6) is -0.987. The topological polar surface area (TPSA) is 139 Å². The maximum Gasteiger partial charge on any atom is 0.343 e. The Hall–Kier alpha value is -3.57. The lowest BCUT2D eigenvalue weighted by atomic mass is 10.1. The van der Waals surface area contributed by atoms with Gasteiger partial charge in [-0.25, -0.2) is 9.59 Å². The Morgan fingerprint density at radius 3 is 1.56 bits per heavy atom. The van der Waals surface area contributed by atoms with Gasteiger partial charge in [0.1, 0.15) is 0 Å². The highest BCUT2D eigenvalue weighted by Crippen LogP contribution is 2.32. The summed E-state index contributed by atoms with van der Waals surface area (Å²) in [6.07, 6.45) is -0.139. The molecule has 0 bridgehead atoms. The predicted molar refractivity (Wildman–Crippen MR) is 158 cm³/mol. The Bertz CT molecular complexity index is 1460. The Morgan fingerprint density at radius 2 is 1.17 bits per heavy atom. The first-order chi connectivity index (χ1) is 18.8. The highest BCUT2D eigenvalue weighted by atomic mass is 32.2. The number of carbonyl (C=O) groups excluding carboxylic acids is 2. The van der Waals surface area contributed by atoms with Crippen LogP contribution < -0.4 is 14.8 Å². The number of hydrogen-bond acceptors (Lipinski definition) is 8. The van der Waals surface area contributed by atoms with E-state index in [0.717, 1.165) is 22.3 Å². The van der Waals surface area contributed by atoms with Crippen molar-refractivity contribution in [3.8, 4) is 11.5 Å². The van der Waals surface area contributed by atoms with E-state index in [4.69, 9.17) is 14.0 Å². The molecule has 3 aromatic carbocycles. The van der Waals surface area contributed by atoms with E-state index in [-0.39, 0.29) is 17.0 Å². The van der Waals surface area contributed by atoms with Crippen LogP contribution in [0.1, 0.15) is 75.4 Å². The van der Waals surface area contributed by atoms with Crippen LogP contribution in [0.3, 0.4) is 0 Å². The number of rotatable bonds is 7. The van der Waals surface area contributed by atoms with Crippen molar-refractivity contribution >= 4 is 22.1 Å². The molecule has 0 saturated heterocycles. The zero-order chi connectivity index (χ0) is 31.1. The summed E-state index contributed by atoms with van der Waals surface area (Å²) < 4.78 is 37.2. The number of hydrogen-bond donors (Lipinski definition) is 3. The molecule has 0 heterocycles. The number of aryl methyl sites for hydroxylation is 4. The Morgan fingerprint density at radius 1 is 0.780 bits per heavy atom. The molecular formula is C31H39NO8S. The number of carbonyl (C=O) groups is 2. The van der Waals surface area contributed by atoms with Gasteiger partial charge < -0.3 is 19.9 Å². The molecule has 9 nitrogen and oxygen atoms in total. The lowest BCUT2D eigenvalue weighted by molar-refractivity contribution is 0.0681. The summed E-state index contributed by atoms with van der Waals surface area (Å²) in [6.45, 7) is 13.9. The molecule has 3 aromatic rings. The first kappa shape index (κ1) is 33.6. The monoisotopic (exact) mass is 585 g/mol. The summed E-state index contributed by atoms with van der Waals surface area (Å²) in [6, 6.07) is 15.6. The van der Waals surface area contributed by atoms with Gasteiger partial charge in [-0.1, -0.05) is 40.5 Å². The quantitative estimate of drug-likeness (QED) is 0.192. The molecule has 0 amide bonds. The molecule has 0 aliphatic rings. The maximum atomic E-state index is 13.0. The number of benzene rings is 3. The summed E-state index contributed by atoms with van der Waals surface area (Å²) in [4.78, 5) is 25.9. The highest BCUT2D eigenvalue weighted by molar-refractivity contribution is 7.85. The third-order valence-electron chi connectivity index (χ3n) is 5.50. The van der Waals surface area contributed by atoms with Crippen LogP contribution in [0.25, 0.3) is 0 Å². The molecule has 0 spiro atoms. The van der Waals surface area contributed by atoms with Gasteiger partial charge in [-0.05, 0) is 90.4 Å². The molecule has 41 heavy (non-hydrogen) atoms. The van der Waals surface area contributed by atoms with Crippen LogP contribution in [0.4, 0.5) is 0 Å². The lowest BCUT2D eigenvalue weighted by Gasteiger charge is -2.23. The standard InChI is InChI=1S/C30H35NO5.CH4O3S/c1-18-10-19(2)13-23(12-18)28(33)35-26-9-8-22(25(32)17-31-30(5,6)7)16-27(26)36-29(34)24-14-20(3)11-21(4)15-24;1-5(2,3)4/h8-16,25,31-32H,17H2,1-7H3;1H3,(H,2,3,4)/t25-;/m0./s1. The Kier molecular flexibility index (Phi) is 11.4. The number of β-amino-alcohol motifs (C(OH)–C–C–N with tert-alkyl or cyclic N) is 1. The van der Waals surface area contributed by atoms with Crippen molar-refractivity contribution in [3.63, 3.8) is 0 Å². The van der Waals surface area contributed by atoms with Gasteiger partial charge in [0, 0.05) is 12.1 Å². The first-order valence-electron chi connectivity index (χ1n) is 12.9. The third kappa shape index (κ3) is 12.2. The van der Waals surface area contributed by atoms with E-state index < -0.39 is 28.2 Å². The average Bonchev–Trinajstić information content (AvgIpc) is 2.80. The first-order valence-corrected chi connectivity index (χ1v) is 14.8. The van der Waals surface area contributed by atoms with Gasteiger partial charge in [0.25, 0.3) is 10.1 Å². The predicted octanol–water partition coefficient (Wildman–Crippen LogP) is 5.28. The van der Waals surface area contributed by atoms with Crippen LogP contribution in [-0.2, 0) is 10.1 Å². The SMILES string of the molecule is CS(=O)(=O)O.Cc1cc(C)cc(C(=O)Oc2ccc([C@@H](O)CNC(C)(C)C)cc2OC(=O)c2cc(C)cc(C)c2)c1. The van der Waals surface area contributed by atoms with Crippen LogP contribution in [0.5, 0.6) is 11.5 Å². The summed E-state index contributed by atoms with van der Waals surface area (Å²) in [7, 11) is -3.67. The summed E-state index contributed by atoms with van der Waals surface area (Å²) >= 11 is 0. The van der Waals surface area contributed by atoms with Gasteiger partial charge in [0.05, 0.1) is 23.5 Å². The van der Waals surface area contributed by atoms with E-state index in [1.54, 1.807) is 42.5 Å². The normalized spacial score (nSPS) is 12.1. The van der Waals surface area contributed by atoms with E-state index in [0.29, 0.717) is 29.5 Å². The van der Waals surface area contributed by atoms with Gasteiger partial charge in [-0.3, -0.25) is 4.55 Å². The van der Waals surface area contributed by atoms with Crippen LogP contribution in [0, 0.1) is 27.7 Å². The second kappa shape index (κ2) is 13.9. The van der Waals surface area contributed by atoms with E-state index in [9.17, 15) is 23.1 Å². The second-order valence-electron chi connectivity index (χ2n) is 11.1. The van der Waals surface area contributed by atoms with Gasteiger partial charge in [-0.15, -0.1) is 0 Å². The van der Waals surface area contributed by atoms with E-state index in [2.05, 4.69) is 5.32 Å². The zero-order valence-electron chi connectivity index (χ0n) is 24.7. The summed E-state index contributed by atoms with van der Waals surface area (Å²) in [5.41, 5.74) is 4.88. The molecule has 0 aliphatic heterocycles. The van der Waals surface area contributed by atoms with Crippen molar-refractivity contribution in [2.24, 2.45) is 0 Å². The minimum absolute atomic E-state index is 0.0594. The number of aliphatic hydroxyl groups excluding tert-OH is 1. The van der Waals surface area contributed by atoms with Crippen LogP contribution in [-0.4, -0.2) is 48.4 Å². The molecule has 3 rings (SSSR count). The van der Waals surface area contributed by atoms with Crippen molar-refractivity contribution in [1.82, 2.24) is 5.32 Å². The molecule has 222 valence electrons. The zero-order valence-corrected chi connectivity index (χ0v) is 25.5. The number of ether oxygens (including phenoxy) is 2. The Labute approximate surface area is 242 Å². The fraction of sp³-hybridized carbons (Fsp3) is 0.355. The molecule has 0 saturated carbocycles. The van der Waals surface area contributed by atoms with Gasteiger partial charge in [0.2, 0.25) is 0 Å². The largest absolute Gasteiger partial charge is 0.419 e. The van der Waals surface area contributed by atoms with Gasteiger partial charge in [-0.2, -0.15) is 8.42 Å². The van der Waals surface area contributed by atoms with Gasteiger partial charge in [0.15, 0.2) is 11.5 Å². The molecule has 0 radical (unpaired) electrons. The minimum atomic E-state index is -3.67. The van der Waals surface area contributed by atoms with E-state index >= 15 is 0 Å². The van der Waals surface area contributed by atoms with Crippen molar-refractivity contribution in [1.29, 1.82) is 0 Å². The fourth-order valence-corrected chi connectivity index (χ4v) is 3.92.